The van der Waals surface area contributed by atoms with Crippen molar-refractivity contribution < 1.29 is 23.8 Å². The number of aromatic nitrogens is 3. The lowest BCUT2D eigenvalue weighted by molar-refractivity contribution is 0.0696. The second kappa shape index (κ2) is 12.3. The standard InChI is InChI=1S/C32H31FN6O4/c33-25-15-20(17-34)6-8-24(25)31(40)37-29-5-1-4-26(35-29)21-10-12-38(13-11-21)19-30-36-27-9-7-22(32(41)42)16-28(27)39(30)18-23-3-2-14-43-23/h1,4-9,15-16,21,23H,2-3,10-14,18-19H2,(H,41,42)(H,35,37,40)/t23-/m0/s1. The minimum Gasteiger partial charge on any atom is -0.478 e. The first-order valence-corrected chi connectivity index (χ1v) is 14.4. The molecule has 2 aliphatic rings. The lowest BCUT2D eigenvalue weighted by atomic mass is 9.93. The number of rotatable bonds is 8. The van der Waals surface area contributed by atoms with Crippen molar-refractivity contribution in [2.24, 2.45) is 0 Å². The molecule has 1 atom stereocenters. The van der Waals surface area contributed by atoms with Crippen LogP contribution in [0.15, 0.2) is 54.6 Å². The van der Waals surface area contributed by atoms with Gasteiger partial charge in [-0.3, -0.25) is 9.69 Å². The molecule has 0 saturated carbocycles. The number of nitrogens with one attached hydrogen (secondary N) is 1. The highest BCUT2D eigenvalue weighted by Crippen LogP contribution is 2.29. The van der Waals surface area contributed by atoms with Gasteiger partial charge in [-0.2, -0.15) is 5.26 Å². The summed E-state index contributed by atoms with van der Waals surface area (Å²) in [6.07, 6.45) is 3.81. The molecule has 2 aromatic carbocycles. The van der Waals surface area contributed by atoms with E-state index in [1.807, 2.05) is 18.2 Å². The van der Waals surface area contributed by atoms with Crippen LogP contribution in [-0.2, 0) is 17.8 Å². The van der Waals surface area contributed by atoms with Crippen LogP contribution in [0.1, 0.15) is 69.4 Å². The van der Waals surface area contributed by atoms with Gasteiger partial charge in [0.15, 0.2) is 0 Å². The molecule has 4 heterocycles. The van der Waals surface area contributed by atoms with Crippen LogP contribution in [-0.4, -0.2) is 62.2 Å². The maximum atomic E-state index is 14.3. The van der Waals surface area contributed by atoms with Crippen LogP contribution in [0.2, 0.25) is 0 Å². The third-order valence-corrected chi connectivity index (χ3v) is 8.21. The van der Waals surface area contributed by atoms with Crippen LogP contribution < -0.4 is 5.32 Å². The van der Waals surface area contributed by atoms with Gasteiger partial charge in [0.05, 0.1) is 53.0 Å². The number of piperidine rings is 1. The number of halogens is 1. The monoisotopic (exact) mass is 582 g/mol. The van der Waals surface area contributed by atoms with E-state index in [1.54, 1.807) is 24.3 Å². The minimum absolute atomic E-state index is 0.0858. The van der Waals surface area contributed by atoms with Gasteiger partial charge in [-0.1, -0.05) is 6.07 Å². The number of aromatic carboxylic acids is 1. The smallest absolute Gasteiger partial charge is 0.335 e. The van der Waals surface area contributed by atoms with Crippen molar-refractivity contribution in [1.29, 1.82) is 5.26 Å². The predicted molar refractivity (Wildman–Crippen MR) is 156 cm³/mol. The molecule has 43 heavy (non-hydrogen) atoms. The maximum absolute atomic E-state index is 14.3. The molecule has 0 radical (unpaired) electrons. The van der Waals surface area contributed by atoms with E-state index < -0.39 is 17.7 Å². The van der Waals surface area contributed by atoms with E-state index in [9.17, 15) is 19.1 Å². The number of carbonyl (C=O) groups is 2. The van der Waals surface area contributed by atoms with Crippen LogP contribution in [0.5, 0.6) is 0 Å². The molecule has 220 valence electrons. The number of ether oxygens (including phenoxy) is 1. The highest BCUT2D eigenvalue weighted by Gasteiger charge is 2.26. The fraction of sp³-hybridized carbons (Fsp3) is 0.344. The fourth-order valence-corrected chi connectivity index (χ4v) is 5.91. The number of likely N-dealkylation sites (tertiary alicyclic amines) is 1. The predicted octanol–water partition coefficient (Wildman–Crippen LogP) is 4.95. The summed E-state index contributed by atoms with van der Waals surface area (Å²) < 4.78 is 22.3. The molecule has 10 nitrogen and oxygen atoms in total. The summed E-state index contributed by atoms with van der Waals surface area (Å²) >= 11 is 0. The van der Waals surface area contributed by atoms with E-state index in [4.69, 9.17) is 15.0 Å². The molecule has 2 aliphatic heterocycles. The maximum Gasteiger partial charge on any atom is 0.335 e. The van der Waals surface area contributed by atoms with E-state index in [0.29, 0.717) is 18.9 Å². The average molecular weight is 583 g/mol. The molecule has 2 saturated heterocycles. The molecule has 0 aliphatic carbocycles. The van der Waals surface area contributed by atoms with Crippen LogP contribution in [0.3, 0.4) is 0 Å². The number of imidazole rings is 1. The van der Waals surface area contributed by atoms with E-state index in [-0.39, 0.29) is 28.7 Å². The number of nitrogens with zero attached hydrogens (tertiary/aromatic N) is 5. The first-order chi connectivity index (χ1) is 20.9. The van der Waals surface area contributed by atoms with E-state index in [2.05, 4.69) is 19.8 Å². The van der Waals surface area contributed by atoms with Crippen molar-refractivity contribution >= 4 is 28.7 Å². The number of amides is 1. The fourth-order valence-electron chi connectivity index (χ4n) is 5.91. The Balaban J connectivity index is 1.12. The average Bonchev–Trinajstić information content (AvgIpc) is 3.65. The van der Waals surface area contributed by atoms with Crippen molar-refractivity contribution in [3.05, 3.63) is 88.6 Å². The summed E-state index contributed by atoms with van der Waals surface area (Å²) in [6.45, 7) is 3.66. The molecule has 2 aromatic heterocycles. The molecular weight excluding hydrogens is 551 g/mol. The number of carbonyl (C=O) groups excluding carboxylic acids is 1. The molecular formula is C32H31FN6O4. The highest BCUT2D eigenvalue weighted by atomic mass is 19.1. The van der Waals surface area contributed by atoms with Gasteiger partial charge >= 0.3 is 5.97 Å². The molecule has 2 N–H and O–H groups in total. The number of anilines is 1. The Kier molecular flexibility index (Phi) is 8.13. The SMILES string of the molecule is N#Cc1ccc(C(=O)Nc2cccc(C3CCN(Cc4nc5ccc(C(=O)O)cc5n4C[C@@H]4CCCO4)CC3)n2)c(F)c1. The summed E-state index contributed by atoms with van der Waals surface area (Å²) in [5.74, 6) is -0.909. The molecule has 0 unspecified atom stereocenters. The summed E-state index contributed by atoms with van der Waals surface area (Å²) in [6, 6.07) is 16.1. The van der Waals surface area contributed by atoms with E-state index >= 15 is 0 Å². The van der Waals surface area contributed by atoms with Gasteiger partial charge in [-0.15, -0.1) is 0 Å². The first kappa shape index (κ1) is 28.5. The van der Waals surface area contributed by atoms with E-state index in [1.165, 1.54) is 12.1 Å². The number of hydrogen-bond acceptors (Lipinski definition) is 7. The molecule has 0 spiro atoms. The summed E-state index contributed by atoms with van der Waals surface area (Å²) in [5.41, 5.74) is 2.68. The van der Waals surface area contributed by atoms with Gasteiger partial charge in [0.1, 0.15) is 17.5 Å². The van der Waals surface area contributed by atoms with Crippen LogP contribution in [0.4, 0.5) is 10.2 Å². The Morgan fingerprint density at radius 3 is 2.65 bits per heavy atom. The summed E-state index contributed by atoms with van der Waals surface area (Å²) in [4.78, 5) is 36.2. The quantitative estimate of drug-likeness (QED) is 0.298. The van der Waals surface area contributed by atoms with Crippen molar-refractivity contribution in [2.45, 2.75) is 50.8 Å². The Bertz CT molecular complexity index is 1720. The normalized spacial score (nSPS) is 17.6. The molecule has 11 heteroatoms. The second-order valence-corrected chi connectivity index (χ2v) is 11.0. The number of fused-ring (bicyclic) bond motifs is 1. The Labute approximate surface area is 247 Å². The van der Waals surface area contributed by atoms with Crippen LogP contribution >= 0.6 is 0 Å². The molecule has 6 rings (SSSR count). The van der Waals surface area contributed by atoms with Crippen molar-refractivity contribution in [2.75, 3.05) is 25.0 Å². The number of carboxylic acid groups (broad SMARTS) is 1. The summed E-state index contributed by atoms with van der Waals surface area (Å²) in [7, 11) is 0. The molecule has 4 aromatic rings. The van der Waals surface area contributed by atoms with Crippen LogP contribution in [0, 0.1) is 17.1 Å². The lowest BCUT2D eigenvalue weighted by Gasteiger charge is -2.31. The third-order valence-electron chi connectivity index (χ3n) is 8.21. The number of pyridine rings is 1. The highest BCUT2D eigenvalue weighted by molar-refractivity contribution is 6.04. The number of benzene rings is 2. The van der Waals surface area contributed by atoms with Crippen LogP contribution in [0.25, 0.3) is 11.0 Å². The Morgan fingerprint density at radius 2 is 1.93 bits per heavy atom. The minimum atomic E-state index is -0.964. The Hall–Kier alpha value is -4.66. The number of carboxylic acids is 1. The molecule has 0 bridgehead atoms. The van der Waals surface area contributed by atoms with E-state index in [0.717, 1.165) is 74.0 Å². The van der Waals surface area contributed by atoms with Gasteiger partial charge in [0.2, 0.25) is 0 Å². The topological polar surface area (TPSA) is 133 Å². The number of hydrogen-bond donors (Lipinski definition) is 2. The molecule has 2 fully saturated rings. The largest absolute Gasteiger partial charge is 0.478 e. The first-order valence-electron chi connectivity index (χ1n) is 14.4. The summed E-state index contributed by atoms with van der Waals surface area (Å²) in [5, 5.41) is 21.1. The van der Waals surface area contributed by atoms with Crippen molar-refractivity contribution in [3.8, 4) is 6.07 Å². The molecule has 1 amide bonds. The number of nitriles is 1. The lowest BCUT2D eigenvalue weighted by Crippen LogP contribution is -2.34. The van der Waals surface area contributed by atoms with Crippen molar-refractivity contribution in [3.63, 3.8) is 0 Å². The third kappa shape index (κ3) is 6.26. The van der Waals surface area contributed by atoms with Gasteiger partial charge in [0, 0.05) is 18.2 Å². The second-order valence-electron chi connectivity index (χ2n) is 11.0. The van der Waals surface area contributed by atoms with Gasteiger partial charge < -0.3 is 19.7 Å². The zero-order valence-corrected chi connectivity index (χ0v) is 23.5. The van der Waals surface area contributed by atoms with Gasteiger partial charge in [0.25, 0.3) is 5.91 Å². The Morgan fingerprint density at radius 1 is 1.09 bits per heavy atom. The zero-order valence-electron chi connectivity index (χ0n) is 23.5. The zero-order chi connectivity index (χ0) is 29.9. The van der Waals surface area contributed by atoms with Crippen molar-refractivity contribution in [1.82, 2.24) is 19.4 Å². The van der Waals surface area contributed by atoms with Gasteiger partial charge in [-0.05, 0) is 87.3 Å². The van der Waals surface area contributed by atoms with Gasteiger partial charge in [-0.25, -0.2) is 19.2 Å².